The van der Waals surface area contributed by atoms with E-state index < -0.39 is 12.1 Å². The standard InChI is InChI=1S/C18H16FNO2/c1-2-17(12-15-9-6-10-16(19)11-15)20-18(21)22-13-14-7-4-3-5-8-14/h1,3-11,17H,12-13H2,(H,20,21). The monoisotopic (exact) mass is 297 g/mol. The lowest BCUT2D eigenvalue weighted by Crippen LogP contribution is -2.35. The van der Waals surface area contributed by atoms with Gasteiger partial charge in [-0.15, -0.1) is 6.42 Å². The lowest BCUT2D eigenvalue weighted by molar-refractivity contribution is 0.138. The molecule has 0 saturated carbocycles. The Bertz CT molecular complexity index is 664. The Labute approximate surface area is 129 Å². The Morgan fingerprint density at radius 1 is 1.18 bits per heavy atom. The molecular formula is C18H16FNO2. The van der Waals surface area contributed by atoms with E-state index in [-0.39, 0.29) is 12.4 Å². The van der Waals surface area contributed by atoms with Gasteiger partial charge in [0.25, 0.3) is 0 Å². The van der Waals surface area contributed by atoms with E-state index in [2.05, 4.69) is 11.2 Å². The molecule has 0 bridgehead atoms. The van der Waals surface area contributed by atoms with Gasteiger partial charge in [0.1, 0.15) is 12.4 Å². The average Bonchev–Trinajstić information content (AvgIpc) is 2.53. The fourth-order valence-corrected chi connectivity index (χ4v) is 1.96. The highest BCUT2D eigenvalue weighted by molar-refractivity contribution is 5.68. The van der Waals surface area contributed by atoms with E-state index in [4.69, 9.17) is 11.2 Å². The largest absolute Gasteiger partial charge is 0.445 e. The van der Waals surface area contributed by atoms with E-state index in [0.29, 0.717) is 12.0 Å². The molecule has 0 spiro atoms. The third-order valence-corrected chi connectivity index (χ3v) is 3.03. The van der Waals surface area contributed by atoms with Crippen molar-refractivity contribution in [3.05, 3.63) is 71.5 Å². The summed E-state index contributed by atoms with van der Waals surface area (Å²) in [6.07, 6.45) is 5.15. The molecule has 2 aromatic rings. The fourth-order valence-electron chi connectivity index (χ4n) is 1.96. The molecule has 4 heteroatoms. The number of halogens is 1. The summed E-state index contributed by atoms with van der Waals surface area (Å²) in [5.74, 6) is 2.13. The van der Waals surface area contributed by atoms with Crippen molar-refractivity contribution in [2.45, 2.75) is 19.1 Å². The van der Waals surface area contributed by atoms with Gasteiger partial charge in [0.15, 0.2) is 0 Å². The zero-order valence-electron chi connectivity index (χ0n) is 12.0. The van der Waals surface area contributed by atoms with Crippen LogP contribution in [-0.4, -0.2) is 12.1 Å². The highest BCUT2D eigenvalue weighted by atomic mass is 19.1. The van der Waals surface area contributed by atoms with Gasteiger partial charge in [-0.25, -0.2) is 9.18 Å². The lowest BCUT2D eigenvalue weighted by Gasteiger charge is -2.13. The molecule has 1 amide bonds. The zero-order valence-corrected chi connectivity index (χ0v) is 12.0. The Balaban J connectivity index is 1.85. The normalized spacial score (nSPS) is 11.3. The first kappa shape index (κ1) is 15.6. The van der Waals surface area contributed by atoms with E-state index in [9.17, 15) is 9.18 Å². The van der Waals surface area contributed by atoms with Crippen LogP contribution in [0.4, 0.5) is 9.18 Å². The molecule has 0 fully saturated rings. The third-order valence-electron chi connectivity index (χ3n) is 3.03. The summed E-state index contributed by atoms with van der Waals surface area (Å²) in [7, 11) is 0. The summed E-state index contributed by atoms with van der Waals surface area (Å²) in [6.45, 7) is 0.171. The second kappa shape index (κ2) is 7.84. The van der Waals surface area contributed by atoms with Crippen molar-refractivity contribution in [1.82, 2.24) is 5.32 Å². The highest BCUT2D eigenvalue weighted by Gasteiger charge is 2.11. The summed E-state index contributed by atoms with van der Waals surface area (Å²) >= 11 is 0. The van der Waals surface area contributed by atoms with Gasteiger partial charge >= 0.3 is 6.09 Å². The van der Waals surface area contributed by atoms with Crippen LogP contribution in [0.2, 0.25) is 0 Å². The van der Waals surface area contributed by atoms with Crippen LogP contribution >= 0.6 is 0 Å². The molecule has 22 heavy (non-hydrogen) atoms. The first-order valence-electron chi connectivity index (χ1n) is 6.85. The maximum Gasteiger partial charge on any atom is 0.408 e. The highest BCUT2D eigenvalue weighted by Crippen LogP contribution is 2.07. The van der Waals surface area contributed by atoms with Crippen molar-refractivity contribution in [3.8, 4) is 12.3 Å². The summed E-state index contributed by atoms with van der Waals surface area (Å²) < 4.78 is 18.2. The second-order valence-electron chi connectivity index (χ2n) is 4.76. The molecule has 0 radical (unpaired) electrons. The number of amides is 1. The van der Waals surface area contributed by atoms with Crippen LogP contribution in [-0.2, 0) is 17.8 Å². The van der Waals surface area contributed by atoms with E-state index >= 15 is 0 Å². The molecule has 0 saturated heterocycles. The number of hydrogen-bond donors (Lipinski definition) is 1. The van der Waals surface area contributed by atoms with Crippen LogP contribution in [0.25, 0.3) is 0 Å². The van der Waals surface area contributed by atoms with E-state index in [0.717, 1.165) is 5.56 Å². The predicted molar refractivity (Wildman–Crippen MR) is 82.5 cm³/mol. The van der Waals surface area contributed by atoms with E-state index in [1.165, 1.54) is 12.1 Å². The van der Waals surface area contributed by atoms with Gasteiger partial charge in [0.05, 0.1) is 6.04 Å². The Kier molecular flexibility index (Phi) is 5.56. The quantitative estimate of drug-likeness (QED) is 0.860. The Morgan fingerprint density at radius 2 is 1.91 bits per heavy atom. The molecule has 1 N–H and O–H groups in total. The van der Waals surface area contributed by atoms with Gasteiger partial charge in [-0.05, 0) is 23.3 Å². The molecule has 0 aliphatic rings. The van der Waals surface area contributed by atoms with Crippen LogP contribution in [0.15, 0.2) is 54.6 Å². The minimum Gasteiger partial charge on any atom is -0.445 e. The van der Waals surface area contributed by atoms with Crippen LogP contribution in [0.1, 0.15) is 11.1 Å². The Hall–Kier alpha value is -2.80. The third kappa shape index (κ3) is 4.95. The first-order chi connectivity index (χ1) is 10.7. The van der Waals surface area contributed by atoms with Gasteiger partial charge in [-0.1, -0.05) is 48.4 Å². The van der Waals surface area contributed by atoms with Crippen LogP contribution < -0.4 is 5.32 Å². The fraction of sp³-hybridized carbons (Fsp3) is 0.167. The SMILES string of the molecule is C#CC(Cc1cccc(F)c1)NC(=O)OCc1ccccc1. The molecule has 0 heterocycles. The smallest absolute Gasteiger partial charge is 0.408 e. The van der Waals surface area contributed by atoms with Gasteiger partial charge in [0, 0.05) is 6.42 Å². The van der Waals surface area contributed by atoms with Crippen LogP contribution in [0.3, 0.4) is 0 Å². The van der Waals surface area contributed by atoms with Crippen molar-refractivity contribution in [2.75, 3.05) is 0 Å². The second-order valence-corrected chi connectivity index (χ2v) is 4.76. The number of carbonyl (C=O) groups is 1. The van der Waals surface area contributed by atoms with Gasteiger partial charge in [0.2, 0.25) is 0 Å². The molecule has 1 unspecified atom stereocenters. The summed E-state index contributed by atoms with van der Waals surface area (Å²) in [5.41, 5.74) is 1.60. The van der Waals surface area contributed by atoms with Gasteiger partial charge in [-0.2, -0.15) is 0 Å². The van der Waals surface area contributed by atoms with Crippen molar-refractivity contribution in [1.29, 1.82) is 0 Å². The van der Waals surface area contributed by atoms with Crippen molar-refractivity contribution in [2.24, 2.45) is 0 Å². The molecule has 2 aromatic carbocycles. The number of carbonyl (C=O) groups excluding carboxylic acids is 1. The Morgan fingerprint density at radius 3 is 2.59 bits per heavy atom. The number of alkyl carbamates (subject to hydrolysis) is 1. The number of ether oxygens (including phenoxy) is 1. The van der Waals surface area contributed by atoms with Crippen LogP contribution in [0.5, 0.6) is 0 Å². The van der Waals surface area contributed by atoms with Crippen molar-refractivity contribution >= 4 is 6.09 Å². The molecule has 1 atom stereocenters. The van der Waals surface area contributed by atoms with E-state index in [1.807, 2.05) is 30.3 Å². The zero-order chi connectivity index (χ0) is 15.8. The molecular weight excluding hydrogens is 281 g/mol. The predicted octanol–water partition coefficient (Wildman–Crippen LogP) is 3.30. The number of rotatable bonds is 5. The molecule has 0 aliphatic heterocycles. The summed E-state index contributed by atoms with van der Waals surface area (Å²) in [6, 6.07) is 14.9. The van der Waals surface area contributed by atoms with Gasteiger partial charge in [-0.3, -0.25) is 0 Å². The molecule has 112 valence electrons. The molecule has 2 rings (SSSR count). The van der Waals surface area contributed by atoms with Crippen molar-refractivity contribution < 1.29 is 13.9 Å². The molecule has 0 aliphatic carbocycles. The number of nitrogens with one attached hydrogen (secondary N) is 1. The average molecular weight is 297 g/mol. The number of terminal acetylenes is 1. The topological polar surface area (TPSA) is 38.3 Å². The summed E-state index contributed by atoms with van der Waals surface area (Å²) in [5, 5.41) is 2.59. The minimum absolute atomic E-state index is 0.171. The van der Waals surface area contributed by atoms with E-state index in [1.54, 1.807) is 12.1 Å². The number of benzene rings is 2. The maximum atomic E-state index is 13.1. The lowest BCUT2D eigenvalue weighted by atomic mass is 10.1. The van der Waals surface area contributed by atoms with Crippen LogP contribution in [0, 0.1) is 18.2 Å². The molecule has 0 aromatic heterocycles. The van der Waals surface area contributed by atoms with Gasteiger partial charge < -0.3 is 10.1 Å². The first-order valence-corrected chi connectivity index (χ1v) is 6.85. The van der Waals surface area contributed by atoms with Crippen molar-refractivity contribution in [3.63, 3.8) is 0 Å². The maximum absolute atomic E-state index is 13.1. The molecule has 3 nitrogen and oxygen atoms in total. The number of hydrogen-bond acceptors (Lipinski definition) is 2. The minimum atomic E-state index is -0.594. The summed E-state index contributed by atoms with van der Waals surface area (Å²) in [4.78, 5) is 11.7.